The first-order valence-electron chi connectivity index (χ1n) is 11.6. The van der Waals surface area contributed by atoms with Gasteiger partial charge in [0.1, 0.15) is 11.3 Å². The number of halogens is 1. The average molecular weight is 477 g/mol. The van der Waals surface area contributed by atoms with E-state index in [9.17, 15) is 0 Å². The Labute approximate surface area is 206 Å². The van der Waals surface area contributed by atoms with Crippen LogP contribution in [0.15, 0.2) is 49.3 Å². The lowest BCUT2D eigenvalue weighted by molar-refractivity contribution is 0.586. The van der Waals surface area contributed by atoms with Crippen molar-refractivity contribution in [1.29, 1.82) is 0 Å². The van der Waals surface area contributed by atoms with Crippen molar-refractivity contribution in [3.63, 3.8) is 0 Å². The summed E-state index contributed by atoms with van der Waals surface area (Å²) in [6.07, 6.45) is 7.68. The van der Waals surface area contributed by atoms with Crippen molar-refractivity contribution in [3.8, 4) is 11.1 Å². The Kier molecular flexibility index (Phi) is 7.10. The molecule has 0 aliphatic carbocycles. The molecule has 178 valence electrons. The molecular formula is C27H33ClN6. The summed E-state index contributed by atoms with van der Waals surface area (Å²) in [4.78, 5) is 6.52. The third kappa shape index (κ3) is 4.74. The second kappa shape index (κ2) is 10.0. The second-order valence-corrected chi connectivity index (χ2v) is 9.40. The number of imidazole rings is 1. The van der Waals surface area contributed by atoms with E-state index in [1.165, 1.54) is 22.4 Å². The smallest absolute Gasteiger partial charge is 0.136 e. The van der Waals surface area contributed by atoms with Crippen LogP contribution >= 0.6 is 11.6 Å². The molecule has 0 fully saturated rings. The minimum Gasteiger partial charge on any atom is -0.376 e. The molecule has 0 bridgehead atoms. The number of nitrogens with zero attached hydrogens (tertiary/aromatic N) is 5. The lowest BCUT2D eigenvalue weighted by atomic mass is 9.95. The topological polar surface area (TPSA) is 64.4 Å². The van der Waals surface area contributed by atoms with Crippen LogP contribution in [-0.4, -0.2) is 44.7 Å². The Balaban J connectivity index is 1.61. The Hall–Kier alpha value is -3.09. The Morgan fingerprint density at radius 2 is 1.94 bits per heavy atom. The third-order valence-electron chi connectivity index (χ3n) is 6.51. The number of benzene rings is 1. The van der Waals surface area contributed by atoms with Crippen molar-refractivity contribution in [3.05, 3.63) is 82.5 Å². The number of rotatable bonds is 9. The molecule has 34 heavy (non-hydrogen) atoms. The molecular weight excluding hydrogens is 444 g/mol. The van der Waals surface area contributed by atoms with E-state index in [0.717, 1.165) is 59.0 Å². The first-order valence-corrected chi connectivity index (χ1v) is 12.0. The lowest BCUT2D eigenvalue weighted by Crippen LogP contribution is -2.11. The van der Waals surface area contributed by atoms with Gasteiger partial charge in [-0.05, 0) is 73.7 Å². The van der Waals surface area contributed by atoms with Gasteiger partial charge in [0.15, 0.2) is 0 Å². The first-order chi connectivity index (χ1) is 16.3. The van der Waals surface area contributed by atoms with Gasteiger partial charge in [0.05, 0.1) is 5.70 Å². The monoisotopic (exact) mass is 476 g/mol. The van der Waals surface area contributed by atoms with Crippen molar-refractivity contribution < 1.29 is 0 Å². The van der Waals surface area contributed by atoms with Gasteiger partial charge in [-0.15, -0.1) is 0 Å². The molecule has 3 heterocycles. The molecule has 6 nitrogen and oxygen atoms in total. The Morgan fingerprint density at radius 1 is 1.15 bits per heavy atom. The molecule has 0 unspecified atom stereocenters. The summed E-state index contributed by atoms with van der Waals surface area (Å²) in [7, 11) is 6.00. The molecule has 3 aromatic heterocycles. The molecule has 0 atom stereocenters. The highest BCUT2D eigenvalue weighted by Crippen LogP contribution is 2.30. The molecule has 0 spiro atoms. The molecule has 1 aromatic carbocycles. The van der Waals surface area contributed by atoms with Gasteiger partial charge in [-0.2, -0.15) is 5.10 Å². The molecule has 0 saturated heterocycles. The van der Waals surface area contributed by atoms with Crippen LogP contribution in [0.4, 0.5) is 0 Å². The number of pyridine rings is 1. The van der Waals surface area contributed by atoms with Gasteiger partial charge in [0.25, 0.3) is 0 Å². The van der Waals surface area contributed by atoms with E-state index in [0.29, 0.717) is 6.54 Å². The maximum Gasteiger partial charge on any atom is 0.136 e. The fourth-order valence-corrected chi connectivity index (χ4v) is 4.62. The highest BCUT2D eigenvalue weighted by Gasteiger charge is 2.17. The predicted octanol–water partition coefficient (Wildman–Crippen LogP) is 4.91. The van der Waals surface area contributed by atoms with Crippen molar-refractivity contribution >= 4 is 22.9 Å². The fraction of sp³-hybridized carbons (Fsp3) is 0.333. The lowest BCUT2D eigenvalue weighted by Gasteiger charge is -2.15. The standard InChI is InChI=1S/C27H33ClN6/c1-18-24(27(31-33(18)5)19(2)32(3)4)8-6-7-20-15-22(28)10-11-25(20)21-9-12-26-30-16-23(13-14-29)34(26)17-21/h9-12,15-17H,2,6-8,13-14,29H2,1,3-5H3. The van der Waals surface area contributed by atoms with E-state index in [4.69, 9.17) is 22.4 Å². The molecule has 0 saturated carbocycles. The van der Waals surface area contributed by atoms with Crippen LogP contribution < -0.4 is 5.73 Å². The molecule has 0 amide bonds. The summed E-state index contributed by atoms with van der Waals surface area (Å²) in [6.45, 7) is 6.95. The molecule has 2 N–H and O–H groups in total. The quantitative estimate of drug-likeness (QED) is 0.373. The summed E-state index contributed by atoms with van der Waals surface area (Å²) in [5.41, 5.74) is 15.8. The van der Waals surface area contributed by atoms with Crippen molar-refractivity contribution in [2.45, 2.75) is 32.6 Å². The van der Waals surface area contributed by atoms with Gasteiger partial charge in [-0.3, -0.25) is 4.68 Å². The molecule has 4 aromatic rings. The summed E-state index contributed by atoms with van der Waals surface area (Å²) < 4.78 is 4.09. The van der Waals surface area contributed by atoms with Crippen LogP contribution in [-0.2, 0) is 26.3 Å². The molecule has 7 heteroatoms. The minimum absolute atomic E-state index is 0.597. The third-order valence-corrected chi connectivity index (χ3v) is 6.74. The van der Waals surface area contributed by atoms with E-state index in [-0.39, 0.29) is 0 Å². The Morgan fingerprint density at radius 3 is 2.68 bits per heavy atom. The summed E-state index contributed by atoms with van der Waals surface area (Å²) in [5, 5.41) is 5.48. The van der Waals surface area contributed by atoms with Crippen molar-refractivity contribution in [2.75, 3.05) is 20.6 Å². The average Bonchev–Trinajstić information content (AvgIpc) is 3.34. The summed E-state index contributed by atoms with van der Waals surface area (Å²) >= 11 is 6.41. The van der Waals surface area contributed by atoms with E-state index >= 15 is 0 Å². The normalized spacial score (nSPS) is 11.4. The van der Waals surface area contributed by atoms with Crippen LogP contribution in [0.2, 0.25) is 5.02 Å². The number of fused-ring (bicyclic) bond motifs is 1. The van der Waals surface area contributed by atoms with Gasteiger partial charge in [-0.25, -0.2) is 4.98 Å². The van der Waals surface area contributed by atoms with Gasteiger partial charge >= 0.3 is 0 Å². The van der Waals surface area contributed by atoms with Gasteiger partial charge < -0.3 is 15.0 Å². The molecule has 0 aliphatic heterocycles. The van der Waals surface area contributed by atoms with Crippen molar-refractivity contribution in [2.24, 2.45) is 12.8 Å². The maximum absolute atomic E-state index is 6.41. The number of aryl methyl sites for hydroxylation is 2. The van der Waals surface area contributed by atoms with E-state index < -0.39 is 0 Å². The fourth-order valence-electron chi connectivity index (χ4n) is 4.42. The maximum atomic E-state index is 6.41. The van der Waals surface area contributed by atoms with Gasteiger partial charge in [0.2, 0.25) is 0 Å². The highest BCUT2D eigenvalue weighted by molar-refractivity contribution is 6.30. The van der Waals surface area contributed by atoms with Crippen LogP contribution in [0, 0.1) is 6.92 Å². The number of aromatic nitrogens is 4. The van der Waals surface area contributed by atoms with E-state index in [1.807, 2.05) is 43.0 Å². The van der Waals surface area contributed by atoms with Gasteiger partial charge in [0, 0.05) is 61.9 Å². The van der Waals surface area contributed by atoms with Crippen LogP contribution in [0.25, 0.3) is 22.5 Å². The number of hydrogen-bond donors (Lipinski definition) is 1. The van der Waals surface area contributed by atoms with Crippen molar-refractivity contribution in [1.82, 2.24) is 24.1 Å². The van der Waals surface area contributed by atoms with E-state index in [2.05, 4.69) is 53.3 Å². The first kappa shape index (κ1) is 24.0. The second-order valence-electron chi connectivity index (χ2n) is 8.97. The molecule has 0 radical (unpaired) electrons. The Bertz CT molecular complexity index is 1330. The SMILES string of the molecule is C=C(c1nn(C)c(C)c1CCCc1cc(Cl)ccc1-c1ccc2ncc(CCN)n2c1)N(C)C. The van der Waals surface area contributed by atoms with Crippen LogP contribution in [0.1, 0.15) is 34.6 Å². The molecule has 4 rings (SSSR count). The largest absolute Gasteiger partial charge is 0.376 e. The summed E-state index contributed by atoms with van der Waals surface area (Å²) in [5.74, 6) is 0. The highest BCUT2D eigenvalue weighted by atomic mass is 35.5. The number of hydrogen-bond acceptors (Lipinski definition) is 4. The zero-order chi connectivity index (χ0) is 24.4. The zero-order valence-corrected chi connectivity index (χ0v) is 21.2. The van der Waals surface area contributed by atoms with Crippen LogP contribution in [0.3, 0.4) is 0 Å². The number of nitrogens with two attached hydrogens (primary N) is 1. The minimum atomic E-state index is 0.597. The van der Waals surface area contributed by atoms with E-state index in [1.54, 1.807) is 0 Å². The molecule has 0 aliphatic rings. The summed E-state index contributed by atoms with van der Waals surface area (Å²) in [6, 6.07) is 10.4. The predicted molar refractivity (Wildman–Crippen MR) is 141 cm³/mol. The van der Waals surface area contributed by atoms with Crippen LogP contribution in [0.5, 0.6) is 0 Å². The zero-order valence-electron chi connectivity index (χ0n) is 20.5. The van der Waals surface area contributed by atoms with Gasteiger partial charge in [-0.1, -0.05) is 24.2 Å².